The van der Waals surface area contributed by atoms with E-state index in [4.69, 9.17) is 0 Å². The molecule has 1 saturated heterocycles. The lowest BCUT2D eigenvalue weighted by Gasteiger charge is -2.34. The summed E-state index contributed by atoms with van der Waals surface area (Å²) < 4.78 is 27.2. The van der Waals surface area contributed by atoms with Crippen LogP contribution in [-0.2, 0) is 16.6 Å². The van der Waals surface area contributed by atoms with Gasteiger partial charge in [-0.25, -0.2) is 8.42 Å². The van der Waals surface area contributed by atoms with E-state index < -0.39 is 14.9 Å². The molecule has 0 aliphatic carbocycles. The number of hydrogen-bond donors (Lipinski definition) is 0. The third-order valence-corrected chi connectivity index (χ3v) is 6.82. The Balaban J connectivity index is 1.71. The van der Waals surface area contributed by atoms with Crippen LogP contribution in [0.25, 0.3) is 0 Å². The standard InChI is InChI=1S/C19H24N4O4S/c1-20(2)17-8-4-3-7-16(17)15-21-11-13-22(14-12-21)28(26,27)19-10-6-5-9-18(19)23(24)25/h3-10H,11-15H2,1-2H3. The summed E-state index contributed by atoms with van der Waals surface area (Å²) in [6.07, 6.45) is 0. The van der Waals surface area contributed by atoms with Crippen LogP contribution in [-0.4, -0.2) is 62.8 Å². The second-order valence-corrected chi connectivity index (χ2v) is 8.83. The Labute approximate surface area is 165 Å². The highest BCUT2D eigenvalue weighted by atomic mass is 32.2. The highest BCUT2D eigenvalue weighted by Gasteiger charge is 2.33. The molecule has 0 radical (unpaired) electrons. The molecule has 0 saturated carbocycles. The number of piperazine rings is 1. The van der Waals surface area contributed by atoms with E-state index in [0.29, 0.717) is 26.2 Å². The fourth-order valence-corrected chi connectivity index (χ4v) is 4.99. The summed E-state index contributed by atoms with van der Waals surface area (Å²) in [5, 5.41) is 11.2. The number of para-hydroxylation sites is 2. The number of nitro benzene ring substituents is 1. The van der Waals surface area contributed by atoms with Crippen molar-refractivity contribution in [2.24, 2.45) is 0 Å². The molecule has 9 heteroatoms. The Hall–Kier alpha value is -2.49. The minimum Gasteiger partial charge on any atom is -0.377 e. The average molecular weight is 404 g/mol. The maximum atomic E-state index is 12.9. The minimum atomic E-state index is -3.90. The topological polar surface area (TPSA) is 87.0 Å². The van der Waals surface area contributed by atoms with Crippen LogP contribution in [0.4, 0.5) is 11.4 Å². The van der Waals surface area contributed by atoms with Gasteiger partial charge in [-0.2, -0.15) is 4.31 Å². The Morgan fingerprint density at radius 2 is 1.61 bits per heavy atom. The zero-order valence-corrected chi connectivity index (χ0v) is 16.8. The highest BCUT2D eigenvalue weighted by molar-refractivity contribution is 7.89. The molecule has 0 bridgehead atoms. The van der Waals surface area contributed by atoms with Gasteiger partial charge in [-0.3, -0.25) is 15.0 Å². The van der Waals surface area contributed by atoms with Crippen molar-refractivity contribution >= 4 is 21.4 Å². The zero-order valence-electron chi connectivity index (χ0n) is 16.0. The minimum absolute atomic E-state index is 0.244. The van der Waals surface area contributed by atoms with Gasteiger partial charge in [-0.1, -0.05) is 30.3 Å². The van der Waals surface area contributed by atoms with Crippen LogP contribution in [0.3, 0.4) is 0 Å². The number of rotatable bonds is 6. The summed E-state index contributed by atoms with van der Waals surface area (Å²) in [6.45, 7) is 2.48. The molecule has 0 atom stereocenters. The lowest BCUT2D eigenvalue weighted by Crippen LogP contribution is -2.48. The Morgan fingerprint density at radius 1 is 1.00 bits per heavy atom. The molecule has 0 amide bonds. The Kier molecular flexibility index (Phi) is 5.97. The Morgan fingerprint density at radius 3 is 2.25 bits per heavy atom. The molecule has 3 rings (SSSR count). The molecule has 28 heavy (non-hydrogen) atoms. The molecule has 0 unspecified atom stereocenters. The fraction of sp³-hybridized carbons (Fsp3) is 0.368. The van der Waals surface area contributed by atoms with Crippen molar-refractivity contribution in [2.45, 2.75) is 11.4 Å². The van der Waals surface area contributed by atoms with Gasteiger partial charge in [0.1, 0.15) is 0 Å². The monoisotopic (exact) mass is 404 g/mol. The predicted molar refractivity (Wildman–Crippen MR) is 108 cm³/mol. The molecule has 1 heterocycles. The van der Waals surface area contributed by atoms with Gasteiger partial charge in [0.05, 0.1) is 4.92 Å². The number of hydrogen-bond acceptors (Lipinski definition) is 6. The van der Waals surface area contributed by atoms with Crippen LogP contribution < -0.4 is 4.90 Å². The number of nitro groups is 1. The van der Waals surface area contributed by atoms with Crippen molar-refractivity contribution in [3.63, 3.8) is 0 Å². The van der Waals surface area contributed by atoms with Crippen LogP contribution in [0.1, 0.15) is 5.56 Å². The van der Waals surface area contributed by atoms with Crippen molar-refractivity contribution in [1.29, 1.82) is 0 Å². The number of nitrogens with zero attached hydrogens (tertiary/aromatic N) is 4. The summed E-state index contributed by atoms with van der Waals surface area (Å²) in [4.78, 5) is 14.6. The number of benzene rings is 2. The maximum Gasteiger partial charge on any atom is 0.289 e. The summed E-state index contributed by atoms with van der Waals surface area (Å²) in [7, 11) is 0.0935. The first kappa shape index (κ1) is 20.2. The number of anilines is 1. The fourth-order valence-electron chi connectivity index (χ4n) is 3.41. The first-order valence-electron chi connectivity index (χ1n) is 9.02. The molecule has 0 spiro atoms. The first-order valence-corrected chi connectivity index (χ1v) is 10.5. The smallest absolute Gasteiger partial charge is 0.289 e. The molecule has 1 aliphatic rings. The second kappa shape index (κ2) is 8.26. The largest absolute Gasteiger partial charge is 0.377 e. The Bertz CT molecular complexity index is 954. The second-order valence-electron chi connectivity index (χ2n) is 6.93. The van der Waals surface area contributed by atoms with E-state index >= 15 is 0 Å². The molecule has 0 N–H and O–H groups in total. The molecule has 1 aliphatic heterocycles. The summed E-state index contributed by atoms with van der Waals surface area (Å²) in [5.41, 5.74) is 1.94. The van der Waals surface area contributed by atoms with Crippen molar-refractivity contribution in [1.82, 2.24) is 9.21 Å². The zero-order chi connectivity index (χ0) is 20.3. The van der Waals surface area contributed by atoms with E-state index in [1.165, 1.54) is 34.1 Å². The maximum absolute atomic E-state index is 12.9. The lowest BCUT2D eigenvalue weighted by atomic mass is 10.1. The van der Waals surface area contributed by atoms with Crippen LogP contribution in [0.15, 0.2) is 53.4 Å². The molecule has 2 aromatic rings. The molecular weight excluding hydrogens is 380 g/mol. The van der Waals surface area contributed by atoms with Crippen molar-refractivity contribution < 1.29 is 13.3 Å². The normalized spacial score (nSPS) is 16.1. The highest BCUT2D eigenvalue weighted by Crippen LogP contribution is 2.27. The van der Waals surface area contributed by atoms with E-state index in [2.05, 4.69) is 21.9 Å². The van der Waals surface area contributed by atoms with Crippen molar-refractivity contribution in [2.75, 3.05) is 45.2 Å². The van der Waals surface area contributed by atoms with E-state index in [1.54, 1.807) is 0 Å². The molecule has 1 fully saturated rings. The number of sulfonamides is 1. The van der Waals surface area contributed by atoms with Gasteiger partial charge < -0.3 is 4.90 Å². The molecule has 8 nitrogen and oxygen atoms in total. The van der Waals surface area contributed by atoms with Crippen LogP contribution >= 0.6 is 0 Å². The van der Waals surface area contributed by atoms with Gasteiger partial charge in [0.15, 0.2) is 4.90 Å². The van der Waals surface area contributed by atoms with Gasteiger partial charge in [0, 0.05) is 58.6 Å². The third kappa shape index (κ3) is 4.16. The van der Waals surface area contributed by atoms with Crippen molar-refractivity contribution in [3.05, 3.63) is 64.2 Å². The molecular formula is C19H24N4O4S. The molecule has 0 aromatic heterocycles. The van der Waals surface area contributed by atoms with Gasteiger partial charge in [0.2, 0.25) is 10.0 Å². The summed E-state index contributed by atoms with van der Waals surface area (Å²) in [6, 6.07) is 13.6. The van der Waals surface area contributed by atoms with E-state index in [0.717, 1.165) is 12.2 Å². The van der Waals surface area contributed by atoms with Gasteiger partial charge >= 0.3 is 0 Å². The van der Waals surface area contributed by atoms with Crippen LogP contribution in [0, 0.1) is 10.1 Å². The third-order valence-electron chi connectivity index (χ3n) is 4.88. The SMILES string of the molecule is CN(C)c1ccccc1CN1CCN(S(=O)(=O)c2ccccc2[N+](=O)[O-])CC1. The van der Waals surface area contributed by atoms with Gasteiger partial charge in [-0.05, 0) is 17.7 Å². The summed E-state index contributed by atoms with van der Waals surface area (Å²) in [5.74, 6) is 0. The van der Waals surface area contributed by atoms with E-state index in [9.17, 15) is 18.5 Å². The van der Waals surface area contributed by atoms with E-state index in [-0.39, 0.29) is 10.6 Å². The first-order chi connectivity index (χ1) is 13.3. The predicted octanol–water partition coefficient (Wildman–Crippen LogP) is 2.17. The molecule has 2 aromatic carbocycles. The lowest BCUT2D eigenvalue weighted by molar-refractivity contribution is -0.387. The van der Waals surface area contributed by atoms with Crippen molar-refractivity contribution in [3.8, 4) is 0 Å². The van der Waals surface area contributed by atoms with Crippen LogP contribution in [0.5, 0.6) is 0 Å². The van der Waals surface area contributed by atoms with Gasteiger partial charge in [0.25, 0.3) is 5.69 Å². The quantitative estimate of drug-likeness (QED) is 0.542. The summed E-state index contributed by atoms with van der Waals surface area (Å²) >= 11 is 0. The molecule has 150 valence electrons. The van der Waals surface area contributed by atoms with Crippen LogP contribution in [0.2, 0.25) is 0 Å². The van der Waals surface area contributed by atoms with Gasteiger partial charge in [-0.15, -0.1) is 0 Å². The average Bonchev–Trinajstić information content (AvgIpc) is 2.68. The van der Waals surface area contributed by atoms with E-state index in [1.807, 2.05) is 26.2 Å².